The van der Waals surface area contributed by atoms with Crippen LogP contribution in [0, 0.1) is 0 Å². The van der Waals surface area contributed by atoms with Crippen LogP contribution in [0.2, 0.25) is 0 Å². The number of hydrogen-bond donors (Lipinski definition) is 1. The molecule has 0 spiro atoms. The molecule has 1 aliphatic carbocycles. The largest absolute Gasteiger partial charge is 0.425 e. The van der Waals surface area contributed by atoms with E-state index in [0.717, 1.165) is 37.5 Å². The normalized spacial score (nSPS) is 27.2. The predicted octanol–water partition coefficient (Wildman–Crippen LogP) is 2.18. The van der Waals surface area contributed by atoms with Crippen LogP contribution in [0.5, 0.6) is 0 Å². The molecular weight excluding hydrogens is 190 g/mol. The maximum atomic E-state index is 5.86. The number of nitrogens with zero attached hydrogens (tertiary/aromatic N) is 2. The van der Waals surface area contributed by atoms with Crippen LogP contribution < -0.4 is 5.73 Å². The summed E-state index contributed by atoms with van der Waals surface area (Å²) in [6, 6.07) is 0.369. The minimum Gasteiger partial charge on any atom is -0.425 e. The van der Waals surface area contributed by atoms with E-state index in [0.29, 0.717) is 17.9 Å². The second kappa shape index (κ2) is 4.31. The lowest BCUT2D eigenvalue weighted by atomic mass is 9.86. The van der Waals surface area contributed by atoms with Crippen molar-refractivity contribution in [2.45, 2.75) is 57.4 Å². The van der Waals surface area contributed by atoms with E-state index in [4.69, 9.17) is 10.2 Å². The van der Waals surface area contributed by atoms with E-state index in [1.807, 2.05) is 0 Å². The van der Waals surface area contributed by atoms with Crippen LogP contribution in [0.1, 0.15) is 63.1 Å². The third kappa shape index (κ3) is 2.37. The first-order chi connectivity index (χ1) is 7.16. The van der Waals surface area contributed by atoms with E-state index >= 15 is 0 Å². The first-order valence-corrected chi connectivity index (χ1v) is 5.75. The molecule has 4 heteroatoms. The summed E-state index contributed by atoms with van der Waals surface area (Å²) in [5.41, 5.74) is 5.86. The van der Waals surface area contributed by atoms with E-state index < -0.39 is 0 Å². The molecule has 0 amide bonds. The van der Waals surface area contributed by atoms with Crippen LogP contribution >= 0.6 is 0 Å². The molecule has 1 aliphatic rings. The number of rotatable bonds is 2. The van der Waals surface area contributed by atoms with Crippen molar-refractivity contribution in [2.75, 3.05) is 0 Å². The number of nitrogens with two attached hydrogens (primary N) is 1. The van der Waals surface area contributed by atoms with Crippen molar-refractivity contribution >= 4 is 0 Å². The van der Waals surface area contributed by atoms with Crippen molar-refractivity contribution < 1.29 is 4.42 Å². The fourth-order valence-electron chi connectivity index (χ4n) is 2.01. The van der Waals surface area contributed by atoms with Crippen molar-refractivity contribution in [2.24, 2.45) is 5.73 Å². The average Bonchev–Trinajstić information content (AvgIpc) is 2.68. The quantitative estimate of drug-likeness (QED) is 0.810. The molecular formula is C11H19N3O. The van der Waals surface area contributed by atoms with E-state index in [2.05, 4.69) is 24.0 Å². The third-order valence-electron chi connectivity index (χ3n) is 3.07. The molecule has 0 unspecified atom stereocenters. The van der Waals surface area contributed by atoms with Crippen LogP contribution in [-0.4, -0.2) is 16.2 Å². The Kier molecular flexibility index (Phi) is 3.05. The Morgan fingerprint density at radius 1 is 1.20 bits per heavy atom. The third-order valence-corrected chi connectivity index (χ3v) is 3.07. The first kappa shape index (κ1) is 10.6. The first-order valence-electron chi connectivity index (χ1n) is 5.75. The van der Waals surface area contributed by atoms with Crippen molar-refractivity contribution in [3.63, 3.8) is 0 Å². The maximum Gasteiger partial charge on any atom is 0.219 e. The van der Waals surface area contributed by atoms with Gasteiger partial charge in [-0.15, -0.1) is 10.2 Å². The van der Waals surface area contributed by atoms with Crippen molar-refractivity contribution in [1.29, 1.82) is 0 Å². The van der Waals surface area contributed by atoms with Gasteiger partial charge in [-0.1, -0.05) is 13.8 Å². The molecule has 2 N–H and O–H groups in total. The summed E-state index contributed by atoms with van der Waals surface area (Å²) in [5, 5.41) is 8.19. The summed E-state index contributed by atoms with van der Waals surface area (Å²) < 4.78 is 5.66. The highest BCUT2D eigenvalue weighted by atomic mass is 16.4. The molecule has 0 aliphatic heterocycles. The Bertz CT molecular complexity index is 313. The molecule has 1 saturated carbocycles. The van der Waals surface area contributed by atoms with Gasteiger partial charge < -0.3 is 10.2 Å². The average molecular weight is 209 g/mol. The minimum atomic E-state index is 0.317. The summed E-state index contributed by atoms with van der Waals surface area (Å²) >= 11 is 0. The molecule has 2 rings (SSSR count). The summed E-state index contributed by atoms with van der Waals surface area (Å²) in [5.74, 6) is 2.31. The lowest BCUT2D eigenvalue weighted by Gasteiger charge is -2.23. The molecule has 1 fully saturated rings. The Balaban J connectivity index is 2.03. The topological polar surface area (TPSA) is 64.9 Å². The van der Waals surface area contributed by atoms with Crippen LogP contribution in [0.25, 0.3) is 0 Å². The SMILES string of the molecule is CC(C)c1nnc(C2CCC(N)CC2)o1. The highest BCUT2D eigenvalue weighted by Gasteiger charge is 2.24. The van der Waals surface area contributed by atoms with Gasteiger partial charge in [0.25, 0.3) is 0 Å². The van der Waals surface area contributed by atoms with E-state index in [-0.39, 0.29) is 0 Å². The molecule has 0 saturated heterocycles. The Hall–Kier alpha value is -0.900. The van der Waals surface area contributed by atoms with Crippen molar-refractivity contribution in [3.05, 3.63) is 11.8 Å². The van der Waals surface area contributed by atoms with E-state index in [1.165, 1.54) is 0 Å². The smallest absolute Gasteiger partial charge is 0.219 e. The molecule has 1 aromatic heterocycles. The number of aromatic nitrogens is 2. The molecule has 0 atom stereocenters. The molecule has 0 radical (unpaired) electrons. The monoisotopic (exact) mass is 209 g/mol. The van der Waals surface area contributed by atoms with Gasteiger partial charge in [-0.2, -0.15) is 0 Å². The molecule has 15 heavy (non-hydrogen) atoms. The van der Waals surface area contributed by atoms with Gasteiger partial charge in [-0.3, -0.25) is 0 Å². The zero-order valence-electron chi connectivity index (χ0n) is 9.44. The summed E-state index contributed by atoms with van der Waals surface area (Å²) in [4.78, 5) is 0. The van der Waals surface area contributed by atoms with Crippen molar-refractivity contribution in [3.8, 4) is 0 Å². The van der Waals surface area contributed by atoms with Gasteiger partial charge in [-0.25, -0.2) is 0 Å². The second-order valence-corrected chi connectivity index (χ2v) is 4.74. The van der Waals surface area contributed by atoms with Gasteiger partial charge in [0.05, 0.1) is 0 Å². The Morgan fingerprint density at radius 2 is 1.87 bits per heavy atom. The summed E-state index contributed by atoms with van der Waals surface area (Å²) in [6.07, 6.45) is 4.32. The standard InChI is InChI=1S/C11H19N3O/c1-7(2)10-13-14-11(15-10)8-3-5-9(12)6-4-8/h7-9H,3-6,12H2,1-2H3. The molecule has 4 nitrogen and oxygen atoms in total. The van der Waals surface area contributed by atoms with E-state index in [1.54, 1.807) is 0 Å². The van der Waals surface area contributed by atoms with Crippen LogP contribution in [0.15, 0.2) is 4.42 Å². The predicted molar refractivity (Wildman–Crippen MR) is 57.6 cm³/mol. The molecule has 1 heterocycles. The van der Waals surface area contributed by atoms with Gasteiger partial charge in [0.2, 0.25) is 11.8 Å². The zero-order valence-corrected chi connectivity index (χ0v) is 9.44. The van der Waals surface area contributed by atoms with Gasteiger partial charge in [0, 0.05) is 17.9 Å². The highest BCUT2D eigenvalue weighted by Crippen LogP contribution is 2.31. The minimum absolute atomic E-state index is 0.317. The van der Waals surface area contributed by atoms with E-state index in [9.17, 15) is 0 Å². The highest BCUT2D eigenvalue weighted by molar-refractivity contribution is 4.96. The fourth-order valence-corrected chi connectivity index (χ4v) is 2.01. The molecule has 84 valence electrons. The van der Waals surface area contributed by atoms with Crippen LogP contribution in [-0.2, 0) is 0 Å². The Morgan fingerprint density at radius 3 is 2.40 bits per heavy atom. The van der Waals surface area contributed by atoms with Gasteiger partial charge in [0.15, 0.2) is 0 Å². The fraction of sp³-hybridized carbons (Fsp3) is 0.818. The lowest BCUT2D eigenvalue weighted by molar-refractivity contribution is 0.327. The van der Waals surface area contributed by atoms with Crippen molar-refractivity contribution in [1.82, 2.24) is 10.2 Å². The van der Waals surface area contributed by atoms with Gasteiger partial charge >= 0.3 is 0 Å². The summed E-state index contributed by atoms with van der Waals surface area (Å²) in [6.45, 7) is 4.13. The van der Waals surface area contributed by atoms with Crippen LogP contribution in [0.4, 0.5) is 0 Å². The number of hydrogen-bond acceptors (Lipinski definition) is 4. The molecule has 1 aromatic rings. The lowest BCUT2D eigenvalue weighted by Crippen LogP contribution is -2.25. The van der Waals surface area contributed by atoms with Gasteiger partial charge in [0.1, 0.15) is 0 Å². The Labute approximate surface area is 90.3 Å². The second-order valence-electron chi connectivity index (χ2n) is 4.74. The molecule has 0 bridgehead atoms. The zero-order chi connectivity index (χ0) is 10.8. The molecule has 0 aromatic carbocycles. The van der Waals surface area contributed by atoms with Crippen LogP contribution in [0.3, 0.4) is 0 Å². The summed E-state index contributed by atoms with van der Waals surface area (Å²) in [7, 11) is 0. The van der Waals surface area contributed by atoms with Gasteiger partial charge in [-0.05, 0) is 25.7 Å². The maximum absolute atomic E-state index is 5.86.